The fraction of sp³-hybridized carbons (Fsp3) is 0.750. The molecule has 118 valence electrons. The third-order valence-electron chi connectivity index (χ3n) is 4.46. The number of nitrogens with zero attached hydrogens (tertiary/aromatic N) is 3. The molecular weight excluding hydrogens is 264 g/mol. The average Bonchev–Trinajstić information content (AvgIpc) is 2.94. The normalized spacial score (nSPS) is 17.2. The Morgan fingerprint density at radius 2 is 2.05 bits per heavy atom. The first kappa shape index (κ1) is 16.0. The first-order valence-corrected chi connectivity index (χ1v) is 8.11. The van der Waals surface area contributed by atoms with Crippen molar-refractivity contribution in [2.75, 3.05) is 19.6 Å². The van der Waals surface area contributed by atoms with Gasteiger partial charge in [0.05, 0.1) is 6.33 Å². The number of amides is 1. The van der Waals surface area contributed by atoms with Crippen molar-refractivity contribution in [3.63, 3.8) is 0 Å². The number of imidazole rings is 1. The van der Waals surface area contributed by atoms with E-state index in [1.165, 1.54) is 6.42 Å². The summed E-state index contributed by atoms with van der Waals surface area (Å²) >= 11 is 0. The van der Waals surface area contributed by atoms with E-state index in [0.717, 1.165) is 31.6 Å². The lowest BCUT2D eigenvalue weighted by Gasteiger charge is -2.27. The summed E-state index contributed by atoms with van der Waals surface area (Å²) in [4.78, 5) is 18.5. The molecule has 1 saturated heterocycles. The largest absolute Gasteiger partial charge is 0.343 e. The Kier molecular flexibility index (Phi) is 5.79. The molecular formula is C16H28N4O. The third-order valence-corrected chi connectivity index (χ3v) is 4.46. The van der Waals surface area contributed by atoms with E-state index in [4.69, 9.17) is 5.73 Å². The Bertz CT molecular complexity index is 449. The molecule has 0 spiro atoms. The minimum Gasteiger partial charge on any atom is -0.343 e. The molecule has 1 aromatic heterocycles. The lowest BCUT2D eigenvalue weighted by molar-refractivity contribution is -0.132. The molecule has 0 saturated carbocycles. The van der Waals surface area contributed by atoms with E-state index in [1.54, 1.807) is 0 Å². The maximum atomic E-state index is 12.2. The van der Waals surface area contributed by atoms with Crippen LogP contribution in [0.15, 0.2) is 12.5 Å². The Labute approximate surface area is 127 Å². The number of hydrogen-bond donors (Lipinski definition) is 1. The van der Waals surface area contributed by atoms with Crippen molar-refractivity contribution < 1.29 is 4.79 Å². The fourth-order valence-corrected chi connectivity index (χ4v) is 3.08. The van der Waals surface area contributed by atoms with E-state index in [2.05, 4.69) is 23.4 Å². The lowest BCUT2D eigenvalue weighted by atomic mass is 9.93. The topological polar surface area (TPSA) is 64.1 Å². The third kappa shape index (κ3) is 4.06. The Morgan fingerprint density at radius 1 is 1.33 bits per heavy atom. The Hall–Kier alpha value is -1.36. The van der Waals surface area contributed by atoms with Crippen LogP contribution in [0.4, 0.5) is 0 Å². The highest BCUT2D eigenvalue weighted by Gasteiger charge is 2.20. The van der Waals surface area contributed by atoms with Gasteiger partial charge in [-0.05, 0) is 25.2 Å². The molecule has 0 aromatic carbocycles. The van der Waals surface area contributed by atoms with Crippen LogP contribution in [0.25, 0.3) is 0 Å². The van der Waals surface area contributed by atoms with Crippen molar-refractivity contribution >= 4 is 5.91 Å². The summed E-state index contributed by atoms with van der Waals surface area (Å²) in [5, 5.41) is 0. The van der Waals surface area contributed by atoms with E-state index < -0.39 is 0 Å². The molecule has 2 rings (SSSR count). The summed E-state index contributed by atoms with van der Waals surface area (Å²) in [5.41, 5.74) is 7.04. The summed E-state index contributed by atoms with van der Waals surface area (Å²) in [5.74, 6) is 1.05. The quantitative estimate of drug-likeness (QED) is 0.872. The molecule has 0 aliphatic carbocycles. The molecule has 2 N–H and O–H groups in total. The van der Waals surface area contributed by atoms with Crippen LogP contribution in [-0.2, 0) is 11.3 Å². The van der Waals surface area contributed by atoms with Gasteiger partial charge in [0.15, 0.2) is 0 Å². The van der Waals surface area contributed by atoms with E-state index >= 15 is 0 Å². The number of likely N-dealkylation sites (tertiary alicyclic amines) is 1. The van der Waals surface area contributed by atoms with Crippen molar-refractivity contribution in [3.05, 3.63) is 18.2 Å². The first-order valence-electron chi connectivity index (χ1n) is 8.11. The maximum absolute atomic E-state index is 12.2. The summed E-state index contributed by atoms with van der Waals surface area (Å²) in [7, 11) is 0. The predicted octanol–water partition coefficient (Wildman–Crippen LogP) is 1.98. The Balaban J connectivity index is 1.94. The zero-order valence-corrected chi connectivity index (χ0v) is 13.3. The second kappa shape index (κ2) is 7.59. The van der Waals surface area contributed by atoms with Gasteiger partial charge in [0.25, 0.3) is 0 Å². The van der Waals surface area contributed by atoms with Crippen molar-refractivity contribution in [2.24, 2.45) is 11.7 Å². The predicted molar refractivity (Wildman–Crippen MR) is 83.9 cm³/mol. The number of hydrogen-bond acceptors (Lipinski definition) is 3. The molecule has 1 fully saturated rings. The van der Waals surface area contributed by atoms with E-state index in [1.807, 2.05) is 17.4 Å². The van der Waals surface area contributed by atoms with Crippen LogP contribution >= 0.6 is 0 Å². The minimum absolute atomic E-state index is 0.267. The van der Waals surface area contributed by atoms with Crippen LogP contribution in [0.3, 0.4) is 0 Å². The van der Waals surface area contributed by atoms with Crippen molar-refractivity contribution in [1.82, 2.24) is 14.5 Å². The summed E-state index contributed by atoms with van der Waals surface area (Å²) < 4.78 is 2.10. The molecule has 1 atom stereocenters. The van der Waals surface area contributed by atoms with Crippen LogP contribution in [0.2, 0.25) is 0 Å². The number of carbonyl (C=O) groups excluding carboxylic acids is 1. The first-order chi connectivity index (χ1) is 10.1. The molecule has 1 unspecified atom stereocenters. The molecule has 1 aromatic rings. The van der Waals surface area contributed by atoms with Gasteiger partial charge in [0.1, 0.15) is 0 Å². The van der Waals surface area contributed by atoms with E-state index in [0.29, 0.717) is 31.3 Å². The standard InChI is InChI=1S/C16H28N4O/c1-13(2)14(10-17)15-11-18-12-20(15)9-6-16(21)19-7-4-3-5-8-19/h11-14H,3-10,17H2,1-2H3. The Morgan fingerprint density at radius 3 is 2.67 bits per heavy atom. The fourth-order valence-electron chi connectivity index (χ4n) is 3.08. The van der Waals surface area contributed by atoms with Crippen LogP contribution in [0.5, 0.6) is 0 Å². The monoisotopic (exact) mass is 292 g/mol. The molecule has 1 aliphatic heterocycles. The molecule has 21 heavy (non-hydrogen) atoms. The molecule has 1 aliphatic rings. The lowest BCUT2D eigenvalue weighted by Crippen LogP contribution is -2.36. The van der Waals surface area contributed by atoms with Gasteiger partial charge in [-0.2, -0.15) is 0 Å². The number of nitrogens with two attached hydrogens (primary N) is 1. The molecule has 5 nitrogen and oxygen atoms in total. The number of rotatable bonds is 6. The molecule has 0 bridgehead atoms. The van der Waals surface area contributed by atoms with Crippen molar-refractivity contribution in [1.29, 1.82) is 0 Å². The molecule has 2 heterocycles. The maximum Gasteiger partial charge on any atom is 0.224 e. The van der Waals surface area contributed by atoms with Gasteiger partial charge in [-0.1, -0.05) is 13.8 Å². The zero-order valence-electron chi connectivity index (χ0n) is 13.3. The van der Waals surface area contributed by atoms with Crippen LogP contribution in [0.1, 0.15) is 51.1 Å². The zero-order chi connectivity index (χ0) is 15.2. The summed E-state index contributed by atoms with van der Waals surface area (Å²) in [6.45, 7) is 7.51. The second-order valence-corrected chi connectivity index (χ2v) is 6.29. The van der Waals surface area contributed by atoms with Crippen molar-refractivity contribution in [3.8, 4) is 0 Å². The van der Waals surface area contributed by atoms with Crippen LogP contribution in [0, 0.1) is 5.92 Å². The van der Waals surface area contributed by atoms with Gasteiger partial charge < -0.3 is 15.2 Å². The minimum atomic E-state index is 0.267. The number of piperidine rings is 1. The highest BCUT2D eigenvalue weighted by molar-refractivity contribution is 5.76. The van der Waals surface area contributed by atoms with Gasteiger partial charge in [0, 0.05) is 50.4 Å². The summed E-state index contributed by atoms with van der Waals surface area (Å²) in [6.07, 6.45) is 7.81. The average molecular weight is 292 g/mol. The number of carbonyl (C=O) groups is 1. The molecule has 0 radical (unpaired) electrons. The highest BCUT2D eigenvalue weighted by atomic mass is 16.2. The molecule has 1 amide bonds. The molecule has 5 heteroatoms. The van der Waals surface area contributed by atoms with Gasteiger partial charge in [0.2, 0.25) is 5.91 Å². The number of aromatic nitrogens is 2. The van der Waals surface area contributed by atoms with Gasteiger partial charge >= 0.3 is 0 Å². The van der Waals surface area contributed by atoms with E-state index in [9.17, 15) is 4.79 Å². The van der Waals surface area contributed by atoms with Gasteiger partial charge in [-0.3, -0.25) is 4.79 Å². The van der Waals surface area contributed by atoms with Crippen molar-refractivity contribution in [2.45, 2.75) is 52.0 Å². The summed E-state index contributed by atoms with van der Waals surface area (Å²) in [6, 6.07) is 0. The smallest absolute Gasteiger partial charge is 0.224 e. The number of aryl methyl sites for hydroxylation is 1. The van der Waals surface area contributed by atoms with E-state index in [-0.39, 0.29) is 5.91 Å². The second-order valence-electron chi connectivity index (χ2n) is 6.29. The van der Waals surface area contributed by atoms with Gasteiger partial charge in [-0.25, -0.2) is 4.98 Å². The van der Waals surface area contributed by atoms with Gasteiger partial charge in [-0.15, -0.1) is 0 Å². The van der Waals surface area contributed by atoms with Crippen LogP contribution < -0.4 is 5.73 Å². The SMILES string of the molecule is CC(C)C(CN)c1cncn1CCC(=O)N1CCCCC1. The highest BCUT2D eigenvalue weighted by Crippen LogP contribution is 2.23. The van der Waals surface area contributed by atoms with Crippen LogP contribution in [-0.4, -0.2) is 40.0 Å².